The molecule has 7 nitrogen and oxygen atoms in total. The number of aromatic nitrogens is 5. The van der Waals surface area contributed by atoms with Crippen LogP contribution in [0.1, 0.15) is 5.56 Å². The summed E-state index contributed by atoms with van der Waals surface area (Å²) in [7, 11) is 0. The lowest BCUT2D eigenvalue weighted by Gasteiger charge is -2.07. The summed E-state index contributed by atoms with van der Waals surface area (Å²) in [5, 5.41) is 24.9. The van der Waals surface area contributed by atoms with Crippen molar-refractivity contribution >= 4 is 17.2 Å². The van der Waals surface area contributed by atoms with Crippen molar-refractivity contribution in [1.82, 2.24) is 24.8 Å². The van der Waals surface area contributed by atoms with E-state index in [-0.39, 0.29) is 0 Å². The molecule has 4 aromatic rings. The van der Waals surface area contributed by atoms with Crippen molar-refractivity contribution in [2.75, 3.05) is 5.32 Å². The standard InChI is InChI=1S/C18H13N7/c19-10-9-13-4-3-5-14(12-13)21-16-7-8-17-22-23-18(25(17)24-16)15-6-1-2-11-20-15/h1-8,11-12H,9H2,(H,21,24). The molecule has 0 spiro atoms. The highest BCUT2D eigenvalue weighted by molar-refractivity contribution is 5.60. The Bertz CT molecular complexity index is 1060. The number of benzene rings is 1. The third-order valence-electron chi connectivity index (χ3n) is 3.64. The number of nitrogens with zero attached hydrogens (tertiary/aromatic N) is 6. The van der Waals surface area contributed by atoms with Gasteiger partial charge < -0.3 is 5.32 Å². The third kappa shape index (κ3) is 3.01. The lowest BCUT2D eigenvalue weighted by atomic mass is 10.1. The summed E-state index contributed by atoms with van der Waals surface area (Å²) in [5.41, 5.74) is 3.17. The van der Waals surface area contributed by atoms with Crippen molar-refractivity contribution in [2.24, 2.45) is 0 Å². The van der Waals surface area contributed by atoms with Gasteiger partial charge in [-0.1, -0.05) is 18.2 Å². The first-order valence-electron chi connectivity index (χ1n) is 7.70. The van der Waals surface area contributed by atoms with Gasteiger partial charge in [0.15, 0.2) is 11.5 Å². The highest BCUT2D eigenvalue weighted by Crippen LogP contribution is 2.19. The Morgan fingerprint density at radius 3 is 2.84 bits per heavy atom. The summed E-state index contributed by atoms with van der Waals surface area (Å²) < 4.78 is 1.66. The first-order chi connectivity index (χ1) is 12.3. The molecule has 1 aromatic carbocycles. The Balaban J connectivity index is 1.69. The van der Waals surface area contributed by atoms with Crippen LogP contribution in [-0.2, 0) is 6.42 Å². The second-order valence-corrected chi connectivity index (χ2v) is 5.39. The molecule has 0 radical (unpaired) electrons. The molecule has 0 fully saturated rings. The zero-order valence-corrected chi connectivity index (χ0v) is 13.2. The van der Waals surface area contributed by atoms with Gasteiger partial charge in [0, 0.05) is 11.9 Å². The lowest BCUT2D eigenvalue weighted by Crippen LogP contribution is -2.01. The van der Waals surface area contributed by atoms with E-state index in [0.29, 0.717) is 29.4 Å². The fourth-order valence-electron chi connectivity index (χ4n) is 2.51. The number of hydrogen-bond donors (Lipinski definition) is 1. The summed E-state index contributed by atoms with van der Waals surface area (Å²) in [6.45, 7) is 0. The van der Waals surface area contributed by atoms with Gasteiger partial charge in [-0.05, 0) is 42.0 Å². The van der Waals surface area contributed by atoms with Crippen LogP contribution in [0.25, 0.3) is 17.2 Å². The summed E-state index contributed by atoms with van der Waals surface area (Å²) in [6, 6.07) is 19.1. The van der Waals surface area contributed by atoms with Crippen LogP contribution in [0.4, 0.5) is 11.5 Å². The van der Waals surface area contributed by atoms with Gasteiger partial charge >= 0.3 is 0 Å². The molecule has 0 aliphatic rings. The average Bonchev–Trinajstić information content (AvgIpc) is 3.06. The van der Waals surface area contributed by atoms with Crippen LogP contribution in [0.5, 0.6) is 0 Å². The number of nitriles is 1. The lowest BCUT2D eigenvalue weighted by molar-refractivity contribution is 0.935. The summed E-state index contributed by atoms with van der Waals surface area (Å²) in [5.74, 6) is 1.23. The van der Waals surface area contributed by atoms with Crippen LogP contribution in [0.15, 0.2) is 60.8 Å². The maximum absolute atomic E-state index is 8.83. The highest BCUT2D eigenvalue weighted by atomic mass is 15.4. The molecule has 0 atom stereocenters. The minimum absolute atomic E-state index is 0.372. The Morgan fingerprint density at radius 1 is 1.04 bits per heavy atom. The van der Waals surface area contributed by atoms with Gasteiger partial charge in [-0.25, -0.2) is 0 Å². The van der Waals surface area contributed by atoms with Crippen molar-refractivity contribution in [3.63, 3.8) is 0 Å². The van der Waals surface area contributed by atoms with Crippen molar-refractivity contribution in [3.8, 4) is 17.6 Å². The van der Waals surface area contributed by atoms with Gasteiger partial charge in [0.1, 0.15) is 5.69 Å². The number of rotatable bonds is 4. The monoisotopic (exact) mass is 327 g/mol. The topological polar surface area (TPSA) is 91.8 Å². The van der Waals surface area contributed by atoms with E-state index < -0.39 is 0 Å². The largest absolute Gasteiger partial charge is 0.339 e. The molecule has 7 heteroatoms. The second-order valence-electron chi connectivity index (χ2n) is 5.39. The smallest absolute Gasteiger partial charge is 0.203 e. The first kappa shape index (κ1) is 14.8. The van der Waals surface area contributed by atoms with Crippen LogP contribution in [0.2, 0.25) is 0 Å². The number of pyridine rings is 1. The molecule has 0 saturated heterocycles. The summed E-state index contributed by atoms with van der Waals surface area (Å²) in [4.78, 5) is 4.30. The normalized spacial score (nSPS) is 10.5. The quantitative estimate of drug-likeness (QED) is 0.619. The van der Waals surface area contributed by atoms with Gasteiger partial charge in [0.25, 0.3) is 0 Å². The Hall–Kier alpha value is -3.79. The van der Waals surface area contributed by atoms with Gasteiger partial charge in [0.2, 0.25) is 5.82 Å². The minimum atomic E-state index is 0.372. The van der Waals surface area contributed by atoms with Crippen LogP contribution in [-0.4, -0.2) is 24.8 Å². The third-order valence-corrected chi connectivity index (χ3v) is 3.64. The minimum Gasteiger partial charge on any atom is -0.339 e. The van der Waals surface area contributed by atoms with E-state index in [2.05, 4.69) is 31.7 Å². The van der Waals surface area contributed by atoms with E-state index in [1.807, 2.05) is 54.6 Å². The molecule has 3 heterocycles. The number of anilines is 2. The Kier molecular flexibility index (Phi) is 3.77. The molecule has 120 valence electrons. The van der Waals surface area contributed by atoms with Crippen molar-refractivity contribution in [3.05, 3.63) is 66.4 Å². The molecule has 0 aliphatic heterocycles. The molecule has 0 unspecified atom stereocenters. The van der Waals surface area contributed by atoms with E-state index in [1.165, 1.54) is 0 Å². The first-order valence-corrected chi connectivity index (χ1v) is 7.70. The zero-order chi connectivity index (χ0) is 17.1. The van der Waals surface area contributed by atoms with Crippen molar-refractivity contribution in [2.45, 2.75) is 6.42 Å². The molecule has 0 aliphatic carbocycles. The maximum atomic E-state index is 8.83. The zero-order valence-electron chi connectivity index (χ0n) is 13.2. The van der Waals surface area contributed by atoms with Crippen molar-refractivity contribution in [1.29, 1.82) is 5.26 Å². The Morgan fingerprint density at radius 2 is 2.00 bits per heavy atom. The summed E-state index contributed by atoms with van der Waals surface area (Å²) >= 11 is 0. The van der Waals surface area contributed by atoms with Crippen LogP contribution < -0.4 is 5.32 Å². The number of hydrogen-bond acceptors (Lipinski definition) is 6. The van der Waals surface area contributed by atoms with E-state index in [4.69, 9.17) is 5.26 Å². The number of nitrogens with one attached hydrogen (secondary N) is 1. The van der Waals surface area contributed by atoms with Crippen LogP contribution in [0.3, 0.4) is 0 Å². The molecule has 1 N–H and O–H groups in total. The van der Waals surface area contributed by atoms with Gasteiger partial charge in [-0.3, -0.25) is 4.98 Å². The fourth-order valence-corrected chi connectivity index (χ4v) is 2.51. The van der Waals surface area contributed by atoms with Crippen molar-refractivity contribution < 1.29 is 0 Å². The molecule has 0 bridgehead atoms. The predicted octanol–water partition coefficient (Wildman–Crippen LogP) is 3.00. The van der Waals surface area contributed by atoms with Crippen LogP contribution in [0, 0.1) is 11.3 Å². The second kappa shape index (κ2) is 6.37. The predicted molar refractivity (Wildman–Crippen MR) is 93.1 cm³/mol. The van der Waals surface area contributed by atoms with E-state index in [9.17, 15) is 0 Å². The number of fused-ring (bicyclic) bond motifs is 1. The van der Waals surface area contributed by atoms with E-state index >= 15 is 0 Å². The van der Waals surface area contributed by atoms with E-state index in [0.717, 1.165) is 11.3 Å². The van der Waals surface area contributed by atoms with Crippen LogP contribution >= 0.6 is 0 Å². The SMILES string of the molecule is N#CCc1cccc(Nc2ccc3nnc(-c4ccccn4)n3n2)c1. The molecule has 25 heavy (non-hydrogen) atoms. The molecular weight excluding hydrogens is 314 g/mol. The van der Waals surface area contributed by atoms with E-state index in [1.54, 1.807) is 10.7 Å². The molecular formula is C18H13N7. The Labute approximate surface area is 143 Å². The molecule has 0 saturated carbocycles. The van der Waals surface area contributed by atoms with Gasteiger partial charge in [-0.15, -0.1) is 15.3 Å². The van der Waals surface area contributed by atoms with Gasteiger partial charge in [-0.2, -0.15) is 9.78 Å². The molecule has 3 aromatic heterocycles. The average molecular weight is 327 g/mol. The fraction of sp³-hybridized carbons (Fsp3) is 0.0556. The van der Waals surface area contributed by atoms with Gasteiger partial charge in [0.05, 0.1) is 12.5 Å². The molecule has 0 amide bonds. The molecule has 4 rings (SSSR count). The summed E-state index contributed by atoms with van der Waals surface area (Å²) in [6.07, 6.45) is 2.08. The maximum Gasteiger partial charge on any atom is 0.203 e. The highest BCUT2D eigenvalue weighted by Gasteiger charge is 2.10.